The highest BCUT2D eigenvalue weighted by Crippen LogP contribution is 2.35. The minimum Gasteiger partial charge on any atom is -0.461 e. The molecule has 0 aliphatic carbocycles. The molecule has 3 aromatic carbocycles. The summed E-state index contributed by atoms with van der Waals surface area (Å²) in [4.78, 5) is 26.9. The van der Waals surface area contributed by atoms with Crippen LogP contribution in [0.1, 0.15) is 33.3 Å². The Morgan fingerprint density at radius 2 is 1.47 bits per heavy atom. The van der Waals surface area contributed by atoms with Crippen molar-refractivity contribution in [3.8, 4) is 5.69 Å². The number of carbonyl (C=O) groups is 2. The normalized spacial score (nSPS) is 11.0. The van der Waals surface area contributed by atoms with Gasteiger partial charge in [-0.25, -0.2) is 4.79 Å². The second-order valence-electron chi connectivity index (χ2n) is 6.87. The molecule has 0 saturated heterocycles. The van der Waals surface area contributed by atoms with Crippen LogP contribution in [0.25, 0.3) is 16.6 Å². The van der Waals surface area contributed by atoms with Crippen LogP contribution >= 0.6 is 46.4 Å². The monoisotopic (exact) mass is 505 g/mol. The molecule has 32 heavy (non-hydrogen) atoms. The molecule has 1 heterocycles. The smallest absolute Gasteiger partial charge is 0.356 e. The van der Waals surface area contributed by atoms with Gasteiger partial charge in [-0.1, -0.05) is 52.5 Å². The molecule has 4 rings (SSSR count). The lowest BCUT2D eigenvalue weighted by Crippen LogP contribution is -2.16. The summed E-state index contributed by atoms with van der Waals surface area (Å²) in [5.41, 5.74) is 1.63. The van der Waals surface area contributed by atoms with Crippen LogP contribution in [0.2, 0.25) is 20.1 Å². The van der Waals surface area contributed by atoms with Gasteiger partial charge in [0.25, 0.3) is 0 Å². The fraction of sp³-hybridized carbons (Fsp3) is 0.0833. The van der Waals surface area contributed by atoms with E-state index >= 15 is 0 Å². The lowest BCUT2D eigenvalue weighted by atomic mass is 10.00. The summed E-state index contributed by atoms with van der Waals surface area (Å²) in [5, 5.41) is 2.09. The Morgan fingerprint density at radius 1 is 0.844 bits per heavy atom. The van der Waals surface area contributed by atoms with Gasteiger partial charge < -0.3 is 9.30 Å². The van der Waals surface area contributed by atoms with Crippen LogP contribution in [0.4, 0.5) is 0 Å². The Bertz CT molecular complexity index is 1360. The number of carbonyl (C=O) groups excluding carboxylic acids is 2. The number of hydrogen-bond acceptors (Lipinski definition) is 3. The van der Waals surface area contributed by atoms with Crippen molar-refractivity contribution in [2.75, 3.05) is 6.61 Å². The Hall–Kier alpha value is -2.50. The van der Waals surface area contributed by atoms with Gasteiger partial charge in [0, 0.05) is 31.7 Å². The quantitative estimate of drug-likeness (QED) is 0.206. The molecule has 4 aromatic rings. The molecule has 162 valence electrons. The van der Waals surface area contributed by atoms with E-state index in [1.165, 1.54) is 12.1 Å². The summed E-state index contributed by atoms with van der Waals surface area (Å²) >= 11 is 24.7. The molecule has 0 amide bonds. The maximum atomic E-state index is 13.7. The van der Waals surface area contributed by atoms with Crippen molar-refractivity contribution < 1.29 is 14.3 Å². The lowest BCUT2D eigenvalue weighted by molar-refractivity contribution is 0.0514. The summed E-state index contributed by atoms with van der Waals surface area (Å²) in [6.45, 7) is 1.83. The number of rotatable bonds is 5. The van der Waals surface area contributed by atoms with Crippen LogP contribution < -0.4 is 0 Å². The molecule has 0 N–H and O–H groups in total. The average molecular weight is 507 g/mol. The molecule has 0 radical (unpaired) electrons. The van der Waals surface area contributed by atoms with E-state index in [1.807, 2.05) is 0 Å². The maximum Gasteiger partial charge on any atom is 0.356 e. The van der Waals surface area contributed by atoms with E-state index < -0.39 is 11.8 Å². The van der Waals surface area contributed by atoms with Crippen LogP contribution in [-0.4, -0.2) is 22.9 Å². The number of esters is 1. The highest BCUT2D eigenvalue weighted by molar-refractivity contribution is 6.38. The van der Waals surface area contributed by atoms with Gasteiger partial charge in [0.15, 0.2) is 5.78 Å². The fourth-order valence-electron chi connectivity index (χ4n) is 3.55. The Kier molecular flexibility index (Phi) is 6.50. The van der Waals surface area contributed by atoms with Crippen LogP contribution in [0.5, 0.6) is 0 Å². The molecule has 0 unspecified atom stereocenters. The zero-order chi connectivity index (χ0) is 23.0. The van der Waals surface area contributed by atoms with Crippen LogP contribution in [0.3, 0.4) is 0 Å². The van der Waals surface area contributed by atoms with Crippen molar-refractivity contribution in [3.63, 3.8) is 0 Å². The first kappa shape index (κ1) is 22.7. The van der Waals surface area contributed by atoms with Gasteiger partial charge in [-0.15, -0.1) is 0 Å². The SMILES string of the molecule is CCOC(=O)c1c(C(=O)c2ccc(Cl)cc2Cl)c2ccc(Cl)cc2n1-c1ccc(Cl)cc1. The fourth-order valence-corrected chi connectivity index (χ4v) is 4.34. The Labute approximate surface area is 204 Å². The van der Waals surface area contributed by atoms with Gasteiger partial charge in [0.05, 0.1) is 22.7 Å². The number of halogens is 4. The van der Waals surface area contributed by atoms with Crippen LogP contribution in [0.15, 0.2) is 60.7 Å². The van der Waals surface area contributed by atoms with Crippen molar-refractivity contribution in [1.82, 2.24) is 4.57 Å². The Balaban J connectivity index is 2.10. The van der Waals surface area contributed by atoms with Gasteiger partial charge in [-0.05, 0) is 61.5 Å². The topological polar surface area (TPSA) is 48.3 Å². The second-order valence-corrected chi connectivity index (χ2v) is 8.59. The van der Waals surface area contributed by atoms with Crippen molar-refractivity contribution in [2.24, 2.45) is 0 Å². The van der Waals surface area contributed by atoms with E-state index in [0.29, 0.717) is 31.7 Å². The number of benzene rings is 3. The second kappa shape index (κ2) is 9.16. The molecule has 4 nitrogen and oxygen atoms in total. The molecule has 0 aliphatic rings. The third-order valence-electron chi connectivity index (χ3n) is 4.89. The van der Waals surface area contributed by atoms with E-state index in [4.69, 9.17) is 51.1 Å². The lowest BCUT2D eigenvalue weighted by Gasteiger charge is -2.12. The highest BCUT2D eigenvalue weighted by Gasteiger charge is 2.30. The molecule has 1 aromatic heterocycles. The standard InChI is InChI=1S/C24H15Cl4NO3/c1-2-32-24(31)22-21(23(30)17-9-5-14(26)11-19(17)28)18-10-6-15(27)12-20(18)29(22)16-7-3-13(25)4-8-16/h3-12H,2H2,1H3. The van der Waals surface area contributed by atoms with Crippen molar-refractivity contribution in [3.05, 3.63) is 97.6 Å². The van der Waals surface area contributed by atoms with Gasteiger partial charge in [-0.2, -0.15) is 0 Å². The first-order valence-electron chi connectivity index (χ1n) is 9.58. The predicted molar refractivity (Wildman–Crippen MR) is 129 cm³/mol. The van der Waals surface area contributed by atoms with Gasteiger partial charge in [0.2, 0.25) is 0 Å². The number of aromatic nitrogens is 1. The van der Waals surface area contributed by atoms with Gasteiger partial charge >= 0.3 is 5.97 Å². The highest BCUT2D eigenvalue weighted by atomic mass is 35.5. The molecule has 8 heteroatoms. The number of nitrogens with zero attached hydrogens (tertiary/aromatic N) is 1. The molecule has 0 atom stereocenters. The molecule has 0 saturated carbocycles. The van der Waals surface area contributed by atoms with Crippen LogP contribution in [0, 0.1) is 0 Å². The molecular formula is C24H15Cl4NO3. The first-order valence-corrected chi connectivity index (χ1v) is 11.1. The molecule has 0 fully saturated rings. The van der Waals surface area contributed by atoms with E-state index in [-0.39, 0.29) is 28.5 Å². The van der Waals surface area contributed by atoms with E-state index in [2.05, 4.69) is 0 Å². The summed E-state index contributed by atoms with van der Waals surface area (Å²) in [6.07, 6.45) is 0. The van der Waals surface area contributed by atoms with Crippen LogP contribution in [-0.2, 0) is 4.74 Å². The number of ether oxygens (including phenoxy) is 1. The summed E-state index contributed by atoms with van der Waals surface area (Å²) in [6, 6.07) is 16.5. The van der Waals surface area contributed by atoms with Gasteiger partial charge in [0.1, 0.15) is 5.69 Å². The predicted octanol–water partition coefficient (Wildman–Crippen LogP) is 7.65. The zero-order valence-electron chi connectivity index (χ0n) is 16.7. The van der Waals surface area contributed by atoms with Crippen molar-refractivity contribution >= 4 is 69.1 Å². The average Bonchev–Trinajstić information content (AvgIpc) is 3.08. The van der Waals surface area contributed by atoms with E-state index in [0.717, 1.165) is 0 Å². The number of fused-ring (bicyclic) bond motifs is 1. The minimum atomic E-state index is -0.650. The Morgan fingerprint density at radius 3 is 2.12 bits per heavy atom. The molecule has 0 bridgehead atoms. The summed E-state index contributed by atoms with van der Waals surface area (Å²) < 4.78 is 6.97. The summed E-state index contributed by atoms with van der Waals surface area (Å²) in [7, 11) is 0. The maximum absolute atomic E-state index is 13.7. The largest absolute Gasteiger partial charge is 0.461 e. The third-order valence-corrected chi connectivity index (χ3v) is 5.92. The number of hydrogen-bond donors (Lipinski definition) is 0. The minimum absolute atomic E-state index is 0.0717. The van der Waals surface area contributed by atoms with E-state index in [1.54, 1.807) is 60.0 Å². The third kappa shape index (κ3) is 4.12. The molecule has 0 aliphatic heterocycles. The van der Waals surface area contributed by atoms with Gasteiger partial charge in [-0.3, -0.25) is 4.79 Å². The molecular weight excluding hydrogens is 492 g/mol. The first-order chi connectivity index (χ1) is 15.3. The van der Waals surface area contributed by atoms with Crippen molar-refractivity contribution in [1.29, 1.82) is 0 Å². The van der Waals surface area contributed by atoms with Crippen molar-refractivity contribution in [2.45, 2.75) is 6.92 Å². The molecule has 0 spiro atoms. The van der Waals surface area contributed by atoms with E-state index in [9.17, 15) is 9.59 Å². The number of ketones is 1. The zero-order valence-corrected chi connectivity index (χ0v) is 19.7. The summed E-state index contributed by atoms with van der Waals surface area (Å²) in [5.74, 6) is -1.09.